The molecule has 3 aromatic carbocycles. The summed E-state index contributed by atoms with van der Waals surface area (Å²) in [5.41, 5.74) is 2.93. The summed E-state index contributed by atoms with van der Waals surface area (Å²) in [5, 5.41) is 14.0. The van der Waals surface area contributed by atoms with Crippen LogP contribution in [-0.2, 0) is 0 Å². The third-order valence-electron chi connectivity index (χ3n) is 4.61. The van der Waals surface area contributed by atoms with Crippen LogP contribution in [0.5, 0.6) is 23.0 Å². The summed E-state index contributed by atoms with van der Waals surface area (Å²) in [5.74, 6) is 2.63. The Morgan fingerprint density at radius 3 is 1.90 bits per heavy atom. The summed E-state index contributed by atoms with van der Waals surface area (Å²) in [7, 11) is 0. The Bertz CT molecular complexity index is 992. The lowest BCUT2D eigenvalue weighted by Crippen LogP contribution is -2.38. The lowest BCUT2D eigenvalue weighted by molar-refractivity contribution is 0.163. The molecule has 3 rings (SSSR count). The van der Waals surface area contributed by atoms with E-state index < -0.39 is 6.10 Å². The third kappa shape index (κ3) is 6.34. The van der Waals surface area contributed by atoms with Crippen LogP contribution in [0.1, 0.15) is 43.6 Å². The lowest BCUT2D eigenvalue weighted by atomic mass is 10.1. The van der Waals surface area contributed by atoms with Gasteiger partial charge in [-0.05, 0) is 87.7 Å². The number of nitrogens with one attached hydrogen (secondary N) is 1. The van der Waals surface area contributed by atoms with E-state index in [1.54, 1.807) is 0 Å². The fraction of sp³-hybridized carbons (Fsp3) is 0.308. The Labute approximate surface area is 179 Å². The molecule has 4 heteroatoms. The molecule has 0 aliphatic heterocycles. The van der Waals surface area contributed by atoms with Crippen LogP contribution in [0.2, 0.25) is 0 Å². The fourth-order valence-electron chi connectivity index (χ4n) is 3.03. The van der Waals surface area contributed by atoms with Crippen molar-refractivity contribution in [2.75, 3.05) is 6.54 Å². The minimum Gasteiger partial charge on any atom is -0.453 e. The van der Waals surface area contributed by atoms with Gasteiger partial charge in [-0.25, -0.2) is 0 Å². The smallest absolute Gasteiger partial charge is 0.170 e. The molecule has 0 aliphatic rings. The average Bonchev–Trinajstić information content (AvgIpc) is 2.67. The Morgan fingerprint density at radius 2 is 1.37 bits per heavy atom. The number of rotatable bonds is 7. The quantitative estimate of drug-likeness (QED) is 0.484. The van der Waals surface area contributed by atoms with Crippen LogP contribution < -0.4 is 14.8 Å². The van der Waals surface area contributed by atoms with Gasteiger partial charge in [0.15, 0.2) is 11.5 Å². The van der Waals surface area contributed by atoms with Crippen molar-refractivity contribution in [3.05, 3.63) is 83.4 Å². The normalized spacial score (nSPS) is 12.5. The summed E-state index contributed by atoms with van der Waals surface area (Å²) in [6.07, 6.45) is -0.655. The van der Waals surface area contributed by atoms with E-state index in [0.29, 0.717) is 18.0 Å². The number of hydrogen-bond donors (Lipinski definition) is 2. The van der Waals surface area contributed by atoms with Gasteiger partial charge in [0, 0.05) is 12.1 Å². The fourth-order valence-corrected chi connectivity index (χ4v) is 3.03. The van der Waals surface area contributed by atoms with E-state index in [1.807, 2.05) is 80.6 Å². The zero-order valence-electron chi connectivity index (χ0n) is 18.4. The standard InChI is InChI=1S/C26H31NO3/c1-18-8-6-10-21(14-18)29-24-13-12-20(23(28)17-27-26(3,4)5)16-25(24)30-22-11-7-9-19(2)15-22/h6-16,23,27-28H,17H2,1-5H3. The molecule has 1 unspecified atom stereocenters. The van der Waals surface area contributed by atoms with Crippen molar-refractivity contribution in [3.8, 4) is 23.0 Å². The highest BCUT2D eigenvalue weighted by molar-refractivity contribution is 5.48. The van der Waals surface area contributed by atoms with Crippen LogP contribution >= 0.6 is 0 Å². The summed E-state index contributed by atoms with van der Waals surface area (Å²) in [6.45, 7) is 10.7. The molecule has 2 N–H and O–H groups in total. The molecule has 0 radical (unpaired) electrons. The first-order valence-corrected chi connectivity index (χ1v) is 10.3. The van der Waals surface area contributed by atoms with E-state index in [-0.39, 0.29) is 5.54 Å². The monoisotopic (exact) mass is 405 g/mol. The lowest BCUT2D eigenvalue weighted by Gasteiger charge is -2.23. The van der Waals surface area contributed by atoms with E-state index in [9.17, 15) is 5.11 Å². The molecule has 1 atom stereocenters. The van der Waals surface area contributed by atoms with Gasteiger partial charge in [0.05, 0.1) is 6.10 Å². The number of aliphatic hydroxyl groups excluding tert-OH is 1. The molecule has 0 heterocycles. The van der Waals surface area contributed by atoms with Gasteiger partial charge < -0.3 is 19.9 Å². The van der Waals surface area contributed by atoms with Crippen molar-refractivity contribution in [3.63, 3.8) is 0 Å². The van der Waals surface area contributed by atoms with Gasteiger partial charge in [-0.3, -0.25) is 0 Å². The number of benzene rings is 3. The Balaban J connectivity index is 1.90. The van der Waals surface area contributed by atoms with Crippen LogP contribution in [-0.4, -0.2) is 17.2 Å². The number of β-amino-alcohol motifs (C(OH)–C–C–N with tert-alkyl or cyclic N) is 1. The SMILES string of the molecule is Cc1cccc(Oc2ccc(C(O)CNC(C)(C)C)cc2Oc2cccc(C)c2)c1. The second-order valence-corrected chi connectivity index (χ2v) is 8.69. The molecule has 4 nitrogen and oxygen atoms in total. The van der Waals surface area contributed by atoms with E-state index >= 15 is 0 Å². The van der Waals surface area contributed by atoms with Gasteiger partial charge >= 0.3 is 0 Å². The van der Waals surface area contributed by atoms with Gasteiger partial charge in [0.25, 0.3) is 0 Å². The van der Waals surface area contributed by atoms with Gasteiger partial charge in [-0.15, -0.1) is 0 Å². The molecule has 158 valence electrons. The molecule has 0 bridgehead atoms. The van der Waals surface area contributed by atoms with Gasteiger partial charge in [-0.1, -0.05) is 30.3 Å². The molecule has 30 heavy (non-hydrogen) atoms. The molecule has 0 spiro atoms. The van der Waals surface area contributed by atoms with Gasteiger partial charge in [0.1, 0.15) is 11.5 Å². The predicted molar refractivity (Wildman–Crippen MR) is 122 cm³/mol. The minimum atomic E-state index is -0.655. The average molecular weight is 406 g/mol. The topological polar surface area (TPSA) is 50.7 Å². The van der Waals surface area contributed by atoms with Crippen LogP contribution in [0.15, 0.2) is 66.7 Å². The highest BCUT2D eigenvalue weighted by Gasteiger charge is 2.17. The maximum absolute atomic E-state index is 10.7. The molecule has 0 saturated carbocycles. The molecule has 0 saturated heterocycles. The summed E-state index contributed by atoms with van der Waals surface area (Å²) < 4.78 is 12.3. The highest BCUT2D eigenvalue weighted by atomic mass is 16.5. The molecule has 0 fully saturated rings. The highest BCUT2D eigenvalue weighted by Crippen LogP contribution is 2.37. The van der Waals surface area contributed by atoms with Crippen LogP contribution in [0.4, 0.5) is 0 Å². The van der Waals surface area contributed by atoms with E-state index in [4.69, 9.17) is 9.47 Å². The minimum absolute atomic E-state index is 0.0733. The maximum Gasteiger partial charge on any atom is 0.170 e. The Kier molecular flexibility index (Phi) is 6.80. The van der Waals surface area contributed by atoms with Crippen molar-refractivity contribution < 1.29 is 14.6 Å². The summed E-state index contributed by atoms with van der Waals surface area (Å²) >= 11 is 0. The molecule has 3 aromatic rings. The summed E-state index contributed by atoms with van der Waals surface area (Å²) in [6, 6.07) is 21.3. The van der Waals surface area contributed by atoms with Crippen LogP contribution in [0.25, 0.3) is 0 Å². The largest absolute Gasteiger partial charge is 0.453 e. The molecule has 0 aromatic heterocycles. The Hall–Kier alpha value is -2.82. The summed E-state index contributed by atoms with van der Waals surface area (Å²) in [4.78, 5) is 0. The maximum atomic E-state index is 10.7. The van der Waals surface area contributed by atoms with Crippen LogP contribution in [0, 0.1) is 13.8 Å². The predicted octanol–water partition coefficient (Wildman–Crippen LogP) is 6.31. The van der Waals surface area contributed by atoms with Crippen molar-refractivity contribution in [2.24, 2.45) is 0 Å². The number of hydrogen-bond acceptors (Lipinski definition) is 4. The zero-order chi connectivity index (χ0) is 21.7. The molecular weight excluding hydrogens is 374 g/mol. The van der Waals surface area contributed by atoms with E-state index in [0.717, 1.165) is 28.2 Å². The zero-order valence-corrected chi connectivity index (χ0v) is 18.4. The second-order valence-electron chi connectivity index (χ2n) is 8.69. The molecule has 0 amide bonds. The van der Waals surface area contributed by atoms with E-state index in [2.05, 4.69) is 26.1 Å². The first-order chi connectivity index (χ1) is 14.2. The Morgan fingerprint density at radius 1 is 0.800 bits per heavy atom. The molecule has 0 aliphatic carbocycles. The van der Waals surface area contributed by atoms with Crippen LogP contribution in [0.3, 0.4) is 0 Å². The van der Waals surface area contributed by atoms with Crippen molar-refractivity contribution >= 4 is 0 Å². The first kappa shape index (κ1) is 21.9. The van der Waals surface area contributed by atoms with Crippen molar-refractivity contribution in [1.29, 1.82) is 0 Å². The van der Waals surface area contributed by atoms with Gasteiger partial charge in [0.2, 0.25) is 0 Å². The number of aryl methyl sites for hydroxylation is 2. The van der Waals surface area contributed by atoms with E-state index in [1.165, 1.54) is 0 Å². The molecular formula is C26H31NO3. The first-order valence-electron chi connectivity index (χ1n) is 10.3. The number of ether oxygens (including phenoxy) is 2. The third-order valence-corrected chi connectivity index (χ3v) is 4.61. The second kappa shape index (κ2) is 9.33. The van der Waals surface area contributed by atoms with Gasteiger partial charge in [-0.2, -0.15) is 0 Å². The van der Waals surface area contributed by atoms with Crippen molar-refractivity contribution in [1.82, 2.24) is 5.32 Å². The van der Waals surface area contributed by atoms with Crippen molar-refractivity contribution in [2.45, 2.75) is 46.3 Å². The number of aliphatic hydroxyl groups is 1.